The Morgan fingerprint density at radius 2 is 2.00 bits per heavy atom. The molecule has 6 heterocycles. The number of nitrogens with zero attached hydrogens (tertiary/aromatic N) is 5. The highest BCUT2D eigenvalue weighted by atomic mass is 19.4. The van der Waals surface area contributed by atoms with Gasteiger partial charge in [-0.1, -0.05) is 13.0 Å². The zero-order valence-electron chi connectivity index (χ0n) is 22.2. The van der Waals surface area contributed by atoms with Crippen LogP contribution in [0.15, 0.2) is 29.1 Å². The molecule has 1 aromatic carbocycles. The number of alkyl halides is 3. The van der Waals surface area contributed by atoms with E-state index in [1.165, 1.54) is 17.5 Å². The Labute approximate surface area is 227 Å². The number of rotatable bonds is 6. The van der Waals surface area contributed by atoms with Crippen LogP contribution >= 0.6 is 0 Å². The van der Waals surface area contributed by atoms with E-state index in [-0.39, 0.29) is 23.6 Å². The van der Waals surface area contributed by atoms with Crippen LogP contribution in [0.4, 0.5) is 24.5 Å². The van der Waals surface area contributed by atoms with Crippen molar-refractivity contribution >= 4 is 28.6 Å². The third-order valence-corrected chi connectivity index (χ3v) is 7.78. The van der Waals surface area contributed by atoms with Crippen LogP contribution in [-0.2, 0) is 28.7 Å². The van der Waals surface area contributed by atoms with Gasteiger partial charge in [0.1, 0.15) is 12.2 Å². The summed E-state index contributed by atoms with van der Waals surface area (Å²) >= 11 is 0. The first-order valence-corrected chi connectivity index (χ1v) is 13.4. The number of ether oxygens (including phenoxy) is 1. The summed E-state index contributed by atoms with van der Waals surface area (Å²) < 4.78 is 47.7. The van der Waals surface area contributed by atoms with E-state index < -0.39 is 17.6 Å². The van der Waals surface area contributed by atoms with Crippen molar-refractivity contribution in [3.05, 3.63) is 57.3 Å². The van der Waals surface area contributed by atoms with Gasteiger partial charge in [0.15, 0.2) is 5.82 Å². The molecule has 2 unspecified atom stereocenters. The minimum atomic E-state index is -4.48. The molecule has 40 heavy (non-hydrogen) atoms. The van der Waals surface area contributed by atoms with Crippen LogP contribution < -0.4 is 21.1 Å². The Bertz CT molecular complexity index is 1560. The largest absolute Gasteiger partial charge is 0.416 e. The fourth-order valence-electron chi connectivity index (χ4n) is 5.81. The molecule has 10 nitrogen and oxygen atoms in total. The molecular formula is C27H30F3N7O3. The number of halogens is 3. The molecule has 13 heteroatoms. The normalized spacial score (nSPS) is 20.8. The molecule has 212 valence electrons. The summed E-state index contributed by atoms with van der Waals surface area (Å²) in [6.45, 7) is 5.54. The third-order valence-electron chi connectivity index (χ3n) is 7.78. The van der Waals surface area contributed by atoms with Crippen LogP contribution in [0.5, 0.6) is 0 Å². The van der Waals surface area contributed by atoms with Gasteiger partial charge in [-0.2, -0.15) is 22.7 Å². The van der Waals surface area contributed by atoms with Crippen LogP contribution in [0.25, 0.3) is 11.4 Å². The predicted molar refractivity (Wildman–Crippen MR) is 142 cm³/mol. The number of piperidine rings is 1. The molecule has 0 radical (unpaired) electrons. The van der Waals surface area contributed by atoms with Crippen molar-refractivity contribution in [1.29, 1.82) is 0 Å². The van der Waals surface area contributed by atoms with E-state index in [2.05, 4.69) is 25.6 Å². The second kappa shape index (κ2) is 10.0. The average Bonchev–Trinajstić information content (AvgIpc) is 3.37. The van der Waals surface area contributed by atoms with E-state index in [4.69, 9.17) is 4.74 Å². The maximum atomic E-state index is 13.9. The summed E-state index contributed by atoms with van der Waals surface area (Å²) in [6.07, 6.45) is -0.457. The maximum absolute atomic E-state index is 13.9. The van der Waals surface area contributed by atoms with Gasteiger partial charge in [-0.25, -0.2) is 0 Å². The Hall–Kier alpha value is -3.71. The molecular weight excluding hydrogens is 527 g/mol. The Balaban J connectivity index is 1.40. The lowest BCUT2D eigenvalue weighted by atomic mass is 9.91. The lowest BCUT2D eigenvalue weighted by Crippen LogP contribution is -2.67. The minimum Gasteiger partial charge on any atom is -0.377 e. The number of aryl methyl sites for hydroxylation is 1. The first-order chi connectivity index (χ1) is 19.1. The van der Waals surface area contributed by atoms with Gasteiger partial charge < -0.3 is 24.8 Å². The van der Waals surface area contributed by atoms with E-state index in [1.807, 2.05) is 13.0 Å². The van der Waals surface area contributed by atoms with E-state index >= 15 is 0 Å². The molecule has 0 spiro atoms. The second-order valence-corrected chi connectivity index (χ2v) is 10.5. The second-order valence-electron chi connectivity index (χ2n) is 10.5. The van der Waals surface area contributed by atoms with Gasteiger partial charge >= 0.3 is 6.18 Å². The summed E-state index contributed by atoms with van der Waals surface area (Å²) in [6, 6.07) is 3.81. The van der Waals surface area contributed by atoms with Crippen molar-refractivity contribution in [2.45, 2.75) is 57.9 Å². The number of carbonyl (C=O) groups is 1. The molecule has 3 saturated heterocycles. The smallest absolute Gasteiger partial charge is 0.377 e. The molecule has 0 aliphatic carbocycles. The van der Waals surface area contributed by atoms with Gasteiger partial charge in [0, 0.05) is 30.9 Å². The first kappa shape index (κ1) is 26.5. The molecule has 3 aromatic rings. The molecule has 3 fully saturated rings. The maximum Gasteiger partial charge on any atom is 0.416 e. The van der Waals surface area contributed by atoms with Crippen molar-refractivity contribution in [3.63, 3.8) is 0 Å². The number of carbonyl (C=O) groups excluding carboxylic acids is 1. The molecule has 2 bridgehead atoms. The number of fused-ring (bicyclic) bond motifs is 3. The van der Waals surface area contributed by atoms with E-state index in [0.717, 1.165) is 24.1 Å². The number of aromatic nitrogens is 4. The number of benzene rings is 1. The molecule has 2 aromatic heterocycles. The fourth-order valence-corrected chi connectivity index (χ4v) is 5.81. The van der Waals surface area contributed by atoms with Crippen molar-refractivity contribution in [2.24, 2.45) is 0 Å². The standard InChI is InChI=1S/C27H30F3N7O3/c1-3-21-23(35-12-18-11-19(13-35)31-18)25(39)37-26(33-24(34-37)16-6-8-40-9-7-16)36(21)14-22(38)32-20-5-4-17(10-15(20)2)27(28,29)30/h4-6,10,18-19,31H,3,7-9,11-14H2,1-2H3,(H,32,38). The Morgan fingerprint density at radius 1 is 1.25 bits per heavy atom. The minimum absolute atomic E-state index is 0.195. The van der Waals surface area contributed by atoms with Gasteiger partial charge in [0.05, 0.1) is 24.5 Å². The van der Waals surface area contributed by atoms with Crippen LogP contribution in [0, 0.1) is 6.92 Å². The van der Waals surface area contributed by atoms with Gasteiger partial charge in [-0.3, -0.25) is 9.59 Å². The number of piperazine rings is 1. The fraction of sp³-hybridized carbons (Fsp3) is 0.481. The summed E-state index contributed by atoms with van der Waals surface area (Å²) in [5, 5.41) is 10.8. The van der Waals surface area contributed by atoms with E-state index in [0.29, 0.717) is 74.0 Å². The van der Waals surface area contributed by atoms with Gasteiger partial charge in [-0.15, -0.1) is 5.10 Å². The van der Waals surface area contributed by atoms with Crippen LogP contribution in [0.3, 0.4) is 0 Å². The monoisotopic (exact) mass is 557 g/mol. The highest BCUT2D eigenvalue weighted by Crippen LogP contribution is 2.32. The quantitative estimate of drug-likeness (QED) is 0.480. The van der Waals surface area contributed by atoms with Crippen molar-refractivity contribution in [2.75, 3.05) is 36.5 Å². The molecule has 1 amide bonds. The van der Waals surface area contributed by atoms with Gasteiger partial charge in [0.2, 0.25) is 11.7 Å². The predicted octanol–water partition coefficient (Wildman–Crippen LogP) is 2.77. The van der Waals surface area contributed by atoms with Crippen molar-refractivity contribution in [3.8, 4) is 0 Å². The SMILES string of the molecule is CCc1c(N2CC3CC(C2)N3)c(=O)n2nc(C3=CCOCC3)nc2n1CC(=O)Nc1ccc(C(F)(F)F)cc1C. The number of anilines is 2. The van der Waals surface area contributed by atoms with Crippen LogP contribution in [0.1, 0.15) is 42.4 Å². The van der Waals surface area contributed by atoms with Crippen LogP contribution in [0.2, 0.25) is 0 Å². The Kier molecular flexibility index (Phi) is 6.65. The lowest BCUT2D eigenvalue weighted by molar-refractivity contribution is -0.137. The molecule has 2 N–H and O–H groups in total. The van der Waals surface area contributed by atoms with Crippen molar-refractivity contribution in [1.82, 2.24) is 24.5 Å². The zero-order valence-corrected chi connectivity index (χ0v) is 22.2. The zero-order chi connectivity index (χ0) is 28.2. The summed E-state index contributed by atoms with van der Waals surface area (Å²) in [7, 11) is 0. The highest BCUT2D eigenvalue weighted by Gasteiger charge is 2.39. The first-order valence-electron chi connectivity index (χ1n) is 13.4. The highest BCUT2D eigenvalue weighted by molar-refractivity contribution is 5.91. The molecule has 4 aliphatic heterocycles. The summed E-state index contributed by atoms with van der Waals surface area (Å²) in [5.74, 6) is 0.204. The van der Waals surface area contributed by atoms with Crippen LogP contribution in [-0.4, -0.2) is 63.5 Å². The van der Waals surface area contributed by atoms with E-state index in [1.54, 1.807) is 4.57 Å². The number of hydrogen-bond donors (Lipinski definition) is 2. The lowest BCUT2D eigenvalue weighted by Gasteiger charge is -2.49. The molecule has 2 atom stereocenters. The van der Waals surface area contributed by atoms with Gasteiger partial charge in [-0.05, 0) is 55.5 Å². The summed E-state index contributed by atoms with van der Waals surface area (Å²) in [4.78, 5) is 33.9. The van der Waals surface area contributed by atoms with E-state index in [9.17, 15) is 22.8 Å². The topological polar surface area (TPSA) is 106 Å². The third kappa shape index (κ3) is 4.77. The van der Waals surface area contributed by atoms with Crippen molar-refractivity contribution < 1.29 is 22.7 Å². The Morgan fingerprint density at radius 3 is 2.62 bits per heavy atom. The molecule has 7 rings (SSSR count). The number of amides is 1. The molecule has 0 saturated carbocycles. The number of hydrogen-bond acceptors (Lipinski definition) is 7. The average molecular weight is 558 g/mol. The number of nitrogens with one attached hydrogen (secondary N) is 2. The molecule has 4 aliphatic rings. The van der Waals surface area contributed by atoms with Gasteiger partial charge in [0.25, 0.3) is 5.56 Å². The summed E-state index contributed by atoms with van der Waals surface area (Å²) in [5.41, 5.74) is 1.55.